The number of hydrogen-bond donors (Lipinski definition) is 0. The van der Waals surface area contributed by atoms with E-state index in [1.165, 1.54) is 24.0 Å². The van der Waals surface area contributed by atoms with Gasteiger partial charge in [-0.2, -0.15) is 0 Å². The normalized spacial score (nSPS) is 12.6. The lowest BCUT2D eigenvalue weighted by Gasteiger charge is -1.98. The fourth-order valence-corrected chi connectivity index (χ4v) is 1.94. The van der Waals surface area contributed by atoms with Crippen molar-refractivity contribution in [3.63, 3.8) is 0 Å². The van der Waals surface area contributed by atoms with Gasteiger partial charge in [0.05, 0.1) is 6.61 Å². The molecule has 1 aliphatic carbocycles. The first-order chi connectivity index (χ1) is 7.79. The summed E-state index contributed by atoms with van der Waals surface area (Å²) in [5.74, 6) is 4.86. The van der Waals surface area contributed by atoms with Crippen molar-refractivity contribution >= 4 is 5.97 Å². The number of carbonyl (C=O) groups is 1. The number of esters is 1. The third kappa shape index (κ3) is 2.43. The predicted molar refractivity (Wildman–Crippen MR) is 62.0 cm³/mol. The van der Waals surface area contributed by atoms with Crippen LogP contribution in [-0.2, 0) is 22.4 Å². The molecule has 16 heavy (non-hydrogen) atoms. The Labute approximate surface area is 95.6 Å². The topological polar surface area (TPSA) is 26.3 Å². The van der Waals surface area contributed by atoms with Crippen molar-refractivity contribution in [3.8, 4) is 11.8 Å². The maximum absolute atomic E-state index is 11.1. The molecule has 0 N–H and O–H groups in total. The van der Waals surface area contributed by atoms with E-state index in [2.05, 4.69) is 24.0 Å². The lowest BCUT2D eigenvalue weighted by Crippen LogP contribution is -1.99. The second-order valence-electron chi connectivity index (χ2n) is 3.81. The van der Waals surface area contributed by atoms with Gasteiger partial charge in [-0.15, -0.1) is 0 Å². The zero-order valence-corrected chi connectivity index (χ0v) is 9.38. The number of rotatable bonds is 1. The van der Waals surface area contributed by atoms with Crippen molar-refractivity contribution in [2.75, 3.05) is 6.61 Å². The maximum atomic E-state index is 11.1. The van der Waals surface area contributed by atoms with Crippen molar-refractivity contribution in [2.24, 2.45) is 0 Å². The Morgan fingerprint density at radius 3 is 3.00 bits per heavy atom. The van der Waals surface area contributed by atoms with Crippen LogP contribution in [0.25, 0.3) is 0 Å². The van der Waals surface area contributed by atoms with Gasteiger partial charge < -0.3 is 4.74 Å². The first-order valence-corrected chi connectivity index (χ1v) is 5.60. The lowest BCUT2D eigenvalue weighted by molar-refractivity contribution is -0.136. The van der Waals surface area contributed by atoms with Crippen LogP contribution < -0.4 is 0 Å². The summed E-state index contributed by atoms with van der Waals surface area (Å²) in [4.78, 5) is 11.1. The number of ether oxygens (including phenoxy) is 1. The fourth-order valence-electron chi connectivity index (χ4n) is 1.94. The molecule has 0 atom stereocenters. The summed E-state index contributed by atoms with van der Waals surface area (Å²) >= 11 is 0. The Bertz CT molecular complexity index is 463. The van der Waals surface area contributed by atoms with Gasteiger partial charge in [0, 0.05) is 11.5 Å². The Morgan fingerprint density at radius 2 is 2.19 bits per heavy atom. The van der Waals surface area contributed by atoms with E-state index >= 15 is 0 Å². The third-order valence-corrected chi connectivity index (χ3v) is 2.68. The highest BCUT2D eigenvalue weighted by atomic mass is 16.5. The molecular formula is C14H14O2. The molecule has 1 aliphatic rings. The standard InChI is InChI=1S/C14H14O2/c1-2-16-14(15)9-7-11-6-8-12-4-3-5-13(12)10-11/h6,8,10H,2-5H2,1H3. The Balaban J connectivity index is 2.13. The van der Waals surface area contributed by atoms with E-state index in [0.717, 1.165) is 12.0 Å². The predicted octanol–water partition coefficient (Wildman–Crippen LogP) is 2.09. The minimum Gasteiger partial charge on any atom is -0.456 e. The average Bonchev–Trinajstić information content (AvgIpc) is 2.74. The van der Waals surface area contributed by atoms with Crippen molar-refractivity contribution in [1.82, 2.24) is 0 Å². The van der Waals surface area contributed by atoms with E-state index in [1.807, 2.05) is 6.07 Å². The molecule has 2 heteroatoms. The van der Waals surface area contributed by atoms with Gasteiger partial charge >= 0.3 is 5.97 Å². The number of aryl methyl sites for hydroxylation is 2. The van der Waals surface area contributed by atoms with E-state index in [-0.39, 0.29) is 0 Å². The highest BCUT2D eigenvalue weighted by Gasteiger charge is 2.09. The zero-order chi connectivity index (χ0) is 11.4. The second kappa shape index (κ2) is 4.85. The van der Waals surface area contributed by atoms with Gasteiger partial charge in [0.2, 0.25) is 0 Å². The minimum absolute atomic E-state index is 0.373. The molecule has 0 spiro atoms. The highest BCUT2D eigenvalue weighted by molar-refractivity contribution is 5.89. The van der Waals surface area contributed by atoms with Gasteiger partial charge in [-0.3, -0.25) is 0 Å². The second-order valence-corrected chi connectivity index (χ2v) is 3.81. The lowest BCUT2D eigenvalue weighted by atomic mass is 10.1. The van der Waals surface area contributed by atoms with Gasteiger partial charge in [-0.25, -0.2) is 4.79 Å². The molecule has 0 saturated heterocycles. The summed E-state index contributed by atoms with van der Waals surface area (Å²) in [6.45, 7) is 2.15. The Kier molecular flexibility index (Phi) is 3.26. The summed E-state index contributed by atoms with van der Waals surface area (Å²) in [7, 11) is 0. The van der Waals surface area contributed by atoms with E-state index in [9.17, 15) is 4.79 Å². The molecule has 0 unspecified atom stereocenters. The van der Waals surface area contributed by atoms with Crippen LogP contribution in [0, 0.1) is 11.8 Å². The quantitative estimate of drug-likeness (QED) is 0.528. The molecule has 1 aromatic carbocycles. The van der Waals surface area contributed by atoms with Crippen LogP contribution in [0.15, 0.2) is 18.2 Å². The van der Waals surface area contributed by atoms with E-state index in [1.54, 1.807) is 6.92 Å². The molecule has 1 aromatic rings. The molecule has 0 aliphatic heterocycles. The van der Waals surface area contributed by atoms with Crippen molar-refractivity contribution in [2.45, 2.75) is 26.2 Å². The van der Waals surface area contributed by atoms with Crippen LogP contribution in [0.2, 0.25) is 0 Å². The van der Waals surface area contributed by atoms with Crippen molar-refractivity contribution in [3.05, 3.63) is 34.9 Å². The monoisotopic (exact) mass is 214 g/mol. The largest absolute Gasteiger partial charge is 0.456 e. The van der Waals surface area contributed by atoms with Crippen LogP contribution in [-0.4, -0.2) is 12.6 Å². The molecule has 0 aromatic heterocycles. The van der Waals surface area contributed by atoms with Gasteiger partial charge in [-0.1, -0.05) is 12.0 Å². The SMILES string of the molecule is CCOC(=O)C#Cc1ccc2c(c1)CCC2. The van der Waals surface area contributed by atoms with Crippen molar-refractivity contribution < 1.29 is 9.53 Å². The summed E-state index contributed by atoms with van der Waals surface area (Å²) in [5, 5.41) is 0. The van der Waals surface area contributed by atoms with Gasteiger partial charge in [0.15, 0.2) is 0 Å². The van der Waals surface area contributed by atoms with Crippen LogP contribution in [0.4, 0.5) is 0 Å². The Hall–Kier alpha value is -1.75. The average molecular weight is 214 g/mol. The van der Waals surface area contributed by atoms with E-state index in [0.29, 0.717) is 6.61 Å². The number of carbonyl (C=O) groups excluding carboxylic acids is 1. The smallest absolute Gasteiger partial charge is 0.384 e. The van der Waals surface area contributed by atoms with Gasteiger partial charge in [-0.05, 0) is 49.4 Å². The molecule has 0 radical (unpaired) electrons. The molecule has 0 heterocycles. The van der Waals surface area contributed by atoms with Crippen LogP contribution in [0.5, 0.6) is 0 Å². The number of fused-ring (bicyclic) bond motifs is 1. The fraction of sp³-hybridized carbons (Fsp3) is 0.357. The molecule has 0 bridgehead atoms. The first kappa shape index (κ1) is 10.8. The van der Waals surface area contributed by atoms with E-state index in [4.69, 9.17) is 4.74 Å². The molecule has 0 saturated carbocycles. The molecule has 0 fully saturated rings. The maximum Gasteiger partial charge on any atom is 0.384 e. The highest BCUT2D eigenvalue weighted by Crippen LogP contribution is 2.22. The molecule has 0 amide bonds. The molecule has 2 rings (SSSR count). The van der Waals surface area contributed by atoms with Crippen LogP contribution in [0.3, 0.4) is 0 Å². The van der Waals surface area contributed by atoms with E-state index < -0.39 is 5.97 Å². The first-order valence-electron chi connectivity index (χ1n) is 5.60. The third-order valence-electron chi connectivity index (χ3n) is 2.68. The summed E-state index contributed by atoms with van der Waals surface area (Å²) in [5.41, 5.74) is 3.69. The van der Waals surface area contributed by atoms with Gasteiger partial charge in [0.1, 0.15) is 0 Å². The minimum atomic E-state index is -0.456. The van der Waals surface area contributed by atoms with Crippen molar-refractivity contribution in [1.29, 1.82) is 0 Å². The molecule has 2 nitrogen and oxygen atoms in total. The zero-order valence-electron chi connectivity index (χ0n) is 9.38. The Morgan fingerprint density at radius 1 is 1.38 bits per heavy atom. The van der Waals surface area contributed by atoms with Crippen LogP contribution >= 0.6 is 0 Å². The summed E-state index contributed by atoms with van der Waals surface area (Å²) < 4.78 is 4.74. The molecular weight excluding hydrogens is 200 g/mol. The summed E-state index contributed by atoms with van der Waals surface area (Å²) in [6.07, 6.45) is 3.52. The number of benzene rings is 1. The number of hydrogen-bond acceptors (Lipinski definition) is 2. The summed E-state index contributed by atoms with van der Waals surface area (Å²) in [6, 6.07) is 6.16. The van der Waals surface area contributed by atoms with Gasteiger partial charge in [0.25, 0.3) is 0 Å². The molecule has 82 valence electrons. The van der Waals surface area contributed by atoms with Crippen LogP contribution in [0.1, 0.15) is 30.0 Å².